The molecule has 3 aromatic carbocycles. The lowest BCUT2D eigenvalue weighted by Gasteiger charge is -2.28. The summed E-state index contributed by atoms with van der Waals surface area (Å²) in [4.78, 5) is 67.6. The molecule has 1 aliphatic heterocycles. The third-order valence-electron chi connectivity index (χ3n) is 8.36. The van der Waals surface area contributed by atoms with Crippen molar-refractivity contribution in [2.24, 2.45) is 5.41 Å². The zero-order valence-corrected chi connectivity index (χ0v) is 31.4. The quantitative estimate of drug-likeness (QED) is 0.140. The number of hydrogen-bond donors (Lipinski definition) is 1. The van der Waals surface area contributed by atoms with Gasteiger partial charge in [0.1, 0.15) is 30.0 Å². The first-order valence-corrected chi connectivity index (χ1v) is 17.1. The molecule has 1 N–H and O–H groups in total. The Morgan fingerprint density at radius 3 is 2.12 bits per heavy atom. The molecular formula is C40H48N2O10. The van der Waals surface area contributed by atoms with Gasteiger partial charge >= 0.3 is 12.1 Å². The Hall–Kier alpha value is -5.39. The van der Waals surface area contributed by atoms with Crippen molar-refractivity contribution in [3.05, 3.63) is 77.9 Å². The molecule has 0 bridgehead atoms. The number of esters is 1. The molecule has 2 atom stereocenters. The number of imide groups is 1. The van der Waals surface area contributed by atoms with Gasteiger partial charge in [-0.05, 0) is 74.2 Å². The Bertz CT molecular complexity index is 1820. The van der Waals surface area contributed by atoms with Crippen LogP contribution in [0.4, 0.5) is 10.5 Å². The number of rotatable bonds is 13. The van der Waals surface area contributed by atoms with E-state index in [4.69, 9.17) is 23.7 Å². The number of hydrogen-bond acceptors (Lipinski definition) is 10. The summed E-state index contributed by atoms with van der Waals surface area (Å²) in [5, 5.41) is 2.64. The fraction of sp³-hybridized carbons (Fsp3) is 0.425. The maximum atomic E-state index is 13.9. The minimum Gasteiger partial charge on any atom is -0.497 e. The molecule has 0 aromatic heterocycles. The average Bonchev–Trinajstić information content (AvgIpc) is 3.28. The molecule has 278 valence electrons. The molecule has 52 heavy (non-hydrogen) atoms. The SMILES string of the molecule is CCC(COc1ccc(OC)cc1C(C)(C)C)OC(=O)c1ccc(NC(=O)C(C(=O)C(C)(C)C)N2C(=O)OC(C)(C)C2=O)c(Oc2ccccc2)c1. The molecule has 3 aromatic rings. The van der Waals surface area contributed by atoms with E-state index >= 15 is 0 Å². The van der Waals surface area contributed by atoms with Crippen molar-refractivity contribution in [3.8, 4) is 23.0 Å². The van der Waals surface area contributed by atoms with Crippen LogP contribution in [0.3, 0.4) is 0 Å². The number of ketones is 1. The summed E-state index contributed by atoms with van der Waals surface area (Å²) in [6.07, 6.45) is -1.25. The van der Waals surface area contributed by atoms with Gasteiger partial charge in [-0.25, -0.2) is 14.5 Å². The van der Waals surface area contributed by atoms with Crippen molar-refractivity contribution in [3.63, 3.8) is 0 Å². The highest BCUT2D eigenvalue weighted by Crippen LogP contribution is 2.36. The largest absolute Gasteiger partial charge is 0.497 e. The molecule has 2 unspecified atom stereocenters. The Balaban J connectivity index is 1.61. The van der Waals surface area contributed by atoms with Gasteiger partial charge in [-0.3, -0.25) is 14.4 Å². The predicted molar refractivity (Wildman–Crippen MR) is 194 cm³/mol. The monoisotopic (exact) mass is 716 g/mol. The molecule has 4 rings (SSSR count). The number of anilines is 1. The van der Waals surface area contributed by atoms with Crippen LogP contribution in [0.5, 0.6) is 23.0 Å². The first-order chi connectivity index (χ1) is 24.3. The van der Waals surface area contributed by atoms with E-state index in [0.29, 0.717) is 28.6 Å². The van der Waals surface area contributed by atoms with Crippen LogP contribution in [-0.2, 0) is 29.3 Å². The molecule has 0 aliphatic carbocycles. The van der Waals surface area contributed by atoms with E-state index in [-0.39, 0.29) is 29.0 Å². The summed E-state index contributed by atoms with van der Waals surface area (Å²) in [6, 6.07) is 16.6. The topological polar surface area (TPSA) is 147 Å². The zero-order chi connectivity index (χ0) is 38.6. The fourth-order valence-corrected chi connectivity index (χ4v) is 5.31. The Morgan fingerprint density at radius 1 is 0.885 bits per heavy atom. The van der Waals surface area contributed by atoms with Crippen LogP contribution in [0, 0.1) is 5.41 Å². The lowest BCUT2D eigenvalue weighted by Crippen LogP contribution is -2.55. The molecule has 1 fully saturated rings. The van der Waals surface area contributed by atoms with E-state index in [0.717, 1.165) is 5.56 Å². The van der Waals surface area contributed by atoms with Gasteiger partial charge in [0.25, 0.3) is 11.8 Å². The third-order valence-corrected chi connectivity index (χ3v) is 8.36. The molecule has 0 saturated carbocycles. The van der Waals surface area contributed by atoms with Crippen LogP contribution in [0.1, 0.15) is 84.7 Å². The second-order valence-electron chi connectivity index (χ2n) is 15.0. The van der Waals surface area contributed by atoms with E-state index in [1.54, 1.807) is 58.2 Å². The number of nitrogens with zero attached hydrogens (tertiary/aromatic N) is 1. The number of Topliss-reactive ketones (excluding diaryl/α,β-unsaturated/α-hetero) is 1. The zero-order valence-electron chi connectivity index (χ0n) is 31.4. The molecule has 3 amide bonds. The minimum atomic E-state index is -1.84. The van der Waals surface area contributed by atoms with Gasteiger partial charge in [-0.1, -0.05) is 66.7 Å². The molecule has 1 heterocycles. The summed E-state index contributed by atoms with van der Waals surface area (Å²) in [5.74, 6) is -1.35. The fourth-order valence-electron chi connectivity index (χ4n) is 5.31. The van der Waals surface area contributed by atoms with Gasteiger partial charge in [-0.15, -0.1) is 0 Å². The van der Waals surface area contributed by atoms with Crippen LogP contribution in [0.15, 0.2) is 66.7 Å². The normalized spacial score (nSPS) is 15.3. The van der Waals surface area contributed by atoms with Gasteiger partial charge in [0.05, 0.1) is 18.4 Å². The van der Waals surface area contributed by atoms with Crippen LogP contribution >= 0.6 is 0 Å². The summed E-state index contributed by atoms with van der Waals surface area (Å²) >= 11 is 0. The van der Waals surface area contributed by atoms with Crippen molar-refractivity contribution >= 4 is 35.3 Å². The lowest BCUT2D eigenvalue weighted by molar-refractivity contribution is -0.145. The first-order valence-electron chi connectivity index (χ1n) is 17.1. The Morgan fingerprint density at radius 2 is 1.56 bits per heavy atom. The van der Waals surface area contributed by atoms with Gasteiger partial charge in [0.15, 0.2) is 23.2 Å². The van der Waals surface area contributed by atoms with Crippen LogP contribution in [-0.4, -0.2) is 66.0 Å². The predicted octanol–water partition coefficient (Wildman–Crippen LogP) is 7.48. The number of benzene rings is 3. The number of carbonyl (C=O) groups is 5. The number of nitrogens with one attached hydrogen (secondary N) is 1. The Labute approximate surface area is 304 Å². The molecular weight excluding hydrogens is 668 g/mol. The summed E-state index contributed by atoms with van der Waals surface area (Å²) in [5.41, 5.74) is -1.80. The second kappa shape index (κ2) is 15.5. The number of amides is 3. The molecule has 1 saturated heterocycles. The molecule has 12 heteroatoms. The number of para-hydroxylation sites is 1. The van der Waals surface area contributed by atoms with E-state index in [1.807, 2.05) is 25.1 Å². The highest BCUT2D eigenvalue weighted by molar-refractivity contribution is 6.19. The number of ether oxygens (including phenoxy) is 5. The van der Waals surface area contributed by atoms with E-state index in [1.165, 1.54) is 32.0 Å². The second-order valence-corrected chi connectivity index (χ2v) is 15.0. The van der Waals surface area contributed by atoms with Crippen molar-refractivity contribution < 1.29 is 47.7 Å². The first kappa shape index (κ1) is 39.4. The minimum absolute atomic E-state index is 0.0453. The highest BCUT2D eigenvalue weighted by Gasteiger charge is 2.55. The third kappa shape index (κ3) is 9.09. The van der Waals surface area contributed by atoms with E-state index < -0.39 is 52.8 Å². The number of cyclic esters (lactones) is 1. The number of methoxy groups -OCH3 is 1. The van der Waals surface area contributed by atoms with Crippen LogP contribution < -0.4 is 19.5 Å². The highest BCUT2D eigenvalue weighted by atomic mass is 16.6. The van der Waals surface area contributed by atoms with Crippen LogP contribution in [0.2, 0.25) is 0 Å². The van der Waals surface area contributed by atoms with Crippen molar-refractivity contribution in [1.82, 2.24) is 4.90 Å². The van der Waals surface area contributed by atoms with E-state index in [9.17, 15) is 24.0 Å². The van der Waals surface area contributed by atoms with Gasteiger partial charge in [0, 0.05) is 11.0 Å². The summed E-state index contributed by atoms with van der Waals surface area (Å²) in [6.45, 7) is 15.7. The molecule has 12 nitrogen and oxygen atoms in total. The van der Waals surface area contributed by atoms with Gasteiger partial charge in [0.2, 0.25) is 0 Å². The number of carbonyl (C=O) groups excluding carboxylic acids is 5. The maximum absolute atomic E-state index is 13.9. The standard InChI is InChI=1S/C40H48N2O10/c1-11-25(23-49-30-20-18-27(48-10)22-28(30)38(2,3)4)51-35(45)24-17-19-29(31(21-24)50-26-15-13-12-14-16-26)41-34(44)32(33(43)39(5,6)7)42-36(46)40(8,9)52-37(42)47/h12-22,25,32H,11,23H2,1-10H3,(H,41,44). The van der Waals surface area contributed by atoms with Crippen molar-refractivity contribution in [2.75, 3.05) is 19.0 Å². The van der Waals surface area contributed by atoms with Crippen LogP contribution in [0.25, 0.3) is 0 Å². The lowest BCUT2D eigenvalue weighted by atomic mass is 9.85. The summed E-state index contributed by atoms with van der Waals surface area (Å²) < 4.78 is 28.7. The smallest absolute Gasteiger partial charge is 0.418 e. The molecule has 0 radical (unpaired) electrons. The van der Waals surface area contributed by atoms with Crippen molar-refractivity contribution in [2.45, 2.75) is 91.9 Å². The van der Waals surface area contributed by atoms with Crippen molar-refractivity contribution in [1.29, 1.82) is 0 Å². The molecule has 0 spiro atoms. The van der Waals surface area contributed by atoms with Gasteiger partial charge in [-0.2, -0.15) is 0 Å². The van der Waals surface area contributed by atoms with Gasteiger partial charge < -0.3 is 29.0 Å². The Kier molecular flexibility index (Phi) is 11.7. The van der Waals surface area contributed by atoms with E-state index in [2.05, 4.69) is 26.1 Å². The summed E-state index contributed by atoms with van der Waals surface area (Å²) in [7, 11) is 1.60. The maximum Gasteiger partial charge on any atom is 0.418 e. The average molecular weight is 717 g/mol. The molecule has 1 aliphatic rings.